The fraction of sp³-hybridized carbons (Fsp3) is 0.462. The number of benzene rings is 1. The van der Waals surface area contributed by atoms with Crippen LogP contribution in [0.15, 0.2) is 33.1 Å². The third kappa shape index (κ3) is 2.13. The van der Waals surface area contributed by atoms with Crippen molar-refractivity contribution in [1.29, 1.82) is 0 Å². The van der Waals surface area contributed by atoms with Gasteiger partial charge in [-0.25, -0.2) is 8.42 Å². The topological polar surface area (TPSA) is 65.0 Å². The van der Waals surface area contributed by atoms with Crippen molar-refractivity contribution >= 4 is 32.0 Å². The van der Waals surface area contributed by atoms with Gasteiger partial charge in [-0.15, -0.1) is 0 Å². The SMILES string of the molecule is COC1=NS(=O)(=O)C(C)(c2ccc(Br)cc2)C(C)(C)O1. The van der Waals surface area contributed by atoms with Crippen LogP contribution < -0.4 is 0 Å². The summed E-state index contributed by atoms with van der Waals surface area (Å²) < 4.78 is 38.9. The summed E-state index contributed by atoms with van der Waals surface area (Å²) >= 11 is 3.34. The second kappa shape index (κ2) is 4.73. The van der Waals surface area contributed by atoms with Gasteiger partial charge in [-0.1, -0.05) is 32.5 Å². The van der Waals surface area contributed by atoms with Crippen LogP contribution in [0.4, 0.5) is 0 Å². The highest BCUT2D eigenvalue weighted by molar-refractivity contribution is 9.10. The third-order valence-electron chi connectivity index (χ3n) is 3.77. The fourth-order valence-corrected chi connectivity index (χ4v) is 4.03. The maximum atomic E-state index is 12.6. The number of methoxy groups -OCH3 is 1. The van der Waals surface area contributed by atoms with Gasteiger partial charge < -0.3 is 9.47 Å². The van der Waals surface area contributed by atoms with Crippen LogP contribution in [0.2, 0.25) is 0 Å². The van der Waals surface area contributed by atoms with E-state index < -0.39 is 20.4 Å². The van der Waals surface area contributed by atoms with Gasteiger partial charge in [-0.2, -0.15) is 0 Å². The Kier molecular flexibility index (Phi) is 3.62. The Morgan fingerprint density at radius 1 is 1.20 bits per heavy atom. The lowest BCUT2D eigenvalue weighted by Crippen LogP contribution is -2.56. The van der Waals surface area contributed by atoms with Crippen LogP contribution in [0.25, 0.3) is 0 Å². The van der Waals surface area contributed by atoms with E-state index in [4.69, 9.17) is 9.47 Å². The maximum Gasteiger partial charge on any atom is 0.399 e. The molecule has 0 aliphatic carbocycles. The summed E-state index contributed by atoms with van der Waals surface area (Å²) in [5.41, 5.74) is -0.406. The van der Waals surface area contributed by atoms with Gasteiger partial charge in [0.25, 0.3) is 10.0 Å². The first-order valence-electron chi connectivity index (χ1n) is 5.97. The lowest BCUT2D eigenvalue weighted by molar-refractivity contribution is 0.0134. The molecule has 1 aromatic carbocycles. The molecule has 0 saturated heterocycles. The summed E-state index contributed by atoms with van der Waals surface area (Å²) in [6.45, 7) is 5.03. The lowest BCUT2D eigenvalue weighted by Gasteiger charge is -2.44. The van der Waals surface area contributed by atoms with E-state index in [0.29, 0.717) is 5.56 Å². The summed E-state index contributed by atoms with van der Waals surface area (Å²) in [6.07, 6.45) is -0.232. The molecule has 0 radical (unpaired) electrons. The van der Waals surface area contributed by atoms with Crippen LogP contribution in [-0.4, -0.2) is 27.2 Å². The molecule has 1 atom stereocenters. The van der Waals surface area contributed by atoms with Crippen LogP contribution in [0.5, 0.6) is 0 Å². The molecule has 7 heteroatoms. The van der Waals surface area contributed by atoms with Crippen molar-refractivity contribution in [3.05, 3.63) is 34.3 Å². The minimum absolute atomic E-state index is 0.232. The zero-order valence-electron chi connectivity index (χ0n) is 11.7. The van der Waals surface area contributed by atoms with Crippen molar-refractivity contribution in [2.45, 2.75) is 31.1 Å². The predicted molar refractivity (Wildman–Crippen MR) is 80.0 cm³/mol. The van der Waals surface area contributed by atoms with E-state index in [1.165, 1.54) is 7.11 Å². The molecular weight excluding hydrogens is 346 g/mol. The summed E-state index contributed by atoms with van der Waals surface area (Å²) in [7, 11) is -2.51. The molecule has 0 saturated carbocycles. The quantitative estimate of drug-likeness (QED) is 0.771. The summed E-state index contributed by atoms with van der Waals surface area (Å²) in [6, 6.07) is 7.09. The van der Waals surface area contributed by atoms with Gasteiger partial charge in [0.15, 0.2) is 4.75 Å². The van der Waals surface area contributed by atoms with Crippen LogP contribution in [0, 0.1) is 0 Å². The average molecular weight is 362 g/mol. The number of hydrogen-bond acceptors (Lipinski definition) is 4. The number of ether oxygens (including phenoxy) is 2. The Hall–Kier alpha value is -1.08. The third-order valence-corrected chi connectivity index (χ3v) is 6.45. The molecule has 20 heavy (non-hydrogen) atoms. The number of hydrogen-bond donors (Lipinski definition) is 0. The molecule has 0 bridgehead atoms. The van der Waals surface area contributed by atoms with Crippen molar-refractivity contribution in [3.8, 4) is 0 Å². The molecule has 1 aromatic rings. The van der Waals surface area contributed by atoms with Crippen LogP contribution in [-0.2, 0) is 24.2 Å². The zero-order chi connectivity index (χ0) is 15.2. The molecule has 0 amide bonds. The largest absolute Gasteiger partial charge is 0.453 e. The van der Waals surface area contributed by atoms with Crippen molar-refractivity contribution in [2.24, 2.45) is 4.40 Å². The van der Waals surface area contributed by atoms with E-state index >= 15 is 0 Å². The Labute approximate surface area is 127 Å². The molecule has 0 fully saturated rings. The van der Waals surface area contributed by atoms with E-state index in [1.54, 1.807) is 45.0 Å². The molecule has 0 spiro atoms. The standard InChI is InChI=1S/C13H16BrNO4S/c1-12(2)13(3,9-5-7-10(14)8-6-9)20(16,17)15-11(18-4)19-12/h5-8H,1-4H3. The number of sulfonamides is 1. The minimum atomic E-state index is -3.84. The first kappa shape index (κ1) is 15.3. The molecule has 0 N–H and O–H groups in total. The molecule has 1 heterocycles. The van der Waals surface area contributed by atoms with E-state index in [9.17, 15) is 8.42 Å². The van der Waals surface area contributed by atoms with Gasteiger partial charge in [0.2, 0.25) is 0 Å². The Morgan fingerprint density at radius 2 is 1.75 bits per heavy atom. The van der Waals surface area contributed by atoms with Crippen LogP contribution >= 0.6 is 15.9 Å². The second-order valence-corrected chi connectivity index (χ2v) is 8.05. The van der Waals surface area contributed by atoms with Crippen LogP contribution in [0.3, 0.4) is 0 Å². The molecule has 0 aromatic heterocycles. The number of halogens is 1. The van der Waals surface area contributed by atoms with E-state index in [-0.39, 0.29) is 6.08 Å². The predicted octanol–water partition coefficient (Wildman–Crippen LogP) is 2.81. The van der Waals surface area contributed by atoms with E-state index in [2.05, 4.69) is 20.3 Å². The summed E-state index contributed by atoms with van der Waals surface area (Å²) in [5, 5.41) is 0. The van der Waals surface area contributed by atoms with Gasteiger partial charge in [-0.05, 0) is 38.5 Å². The molecule has 2 rings (SSSR count). The summed E-state index contributed by atoms with van der Waals surface area (Å²) in [5.74, 6) is 0. The van der Waals surface area contributed by atoms with Crippen molar-refractivity contribution in [3.63, 3.8) is 0 Å². The van der Waals surface area contributed by atoms with Gasteiger partial charge >= 0.3 is 6.08 Å². The number of rotatable bonds is 1. The molecule has 5 nitrogen and oxygen atoms in total. The van der Waals surface area contributed by atoms with Gasteiger partial charge in [0.1, 0.15) is 5.60 Å². The Bertz CT molecular complexity index is 651. The van der Waals surface area contributed by atoms with Crippen molar-refractivity contribution < 1.29 is 17.9 Å². The Balaban J connectivity index is 2.69. The molecule has 110 valence electrons. The number of nitrogens with zero attached hydrogens (tertiary/aromatic N) is 1. The van der Waals surface area contributed by atoms with Gasteiger partial charge in [0.05, 0.1) is 7.11 Å². The van der Waals surface area contributed by atoms with Crippen LogP contribution in [0.1, 0.15) is 26.3 Å². The van der Waals surface area contributed by atoms with Crippen molar-refractivity contribution in [1.82, 2.24) is 0 Å². The lowest BCUT2D eigenvalue weighted by atomic mass is 9.85. The fourth-order valence-electron chi connectivity index (χ4n) is 2.18. The highest BCUT2D eigenvalue weighted by atomic mass is 79.9. The molecule has 1 aliphatic heterocycles. The maximum absolute atomic E-state index is 12.6. The highest BCUT2D eigenvalue weighted by Gasteiger charge is 2.58. The molecule has 1 unspecified atom stereocenters. The summed E-state index contributed by atoms with van der Waals surface area (Å²) in [4.78, 5) is 0. The highest BCUT2D eigenvalue weighted by Crippen LogP contribution is 2.46. The van der Waals surface area contributed by atoms with Gasteiger partial charge in [0, 0.05) is 4.47 Å². The molecular formula is C13H16BrNO4S. The Morgan fingerprint density at radius 3 is 2.20 bits per heavy atom. The second-order valence-electron chi connectivity index (χ2n) is 5.19. The zero-order valence-corrected chi connectivity index (χ0v) is 14.1. The van der Waals surface area contributed by atoms with E-state index in [1.807, 2.05) is 0 Å². The smallest absolute Gasteiger partial charge is 0.399 e. The van der Waals surface area contributed by atoms with E-state index in [0.717, 1.165) is 4.47 Å². The first-order chi connectivity index (χ1) is 9.14. The molecule has 1 aliphatic rings. The monoisotopic (exact) mass is 361 g/mol. The minimum Gasteiger partial charge on any atom is -0.453 e. The average Bonchev–Trinajstić information content (AvgIpc) is 2.35. The van der Waals surface area contributed by atoms with Crippen molar-refractivity contribution in [2.75, 3.05) is 7.11 Å². The van der Waals surface area contributed by atoms with Gasteiger partial charge in [-0.3, -0.25) is 0 Å². The first-order valence-corrected chi connectivity index (χ1v) is 8.21. The normalized spacial score (nSPS) is 27.4.